The van der Waals surface area contributed by atoms with E-state index in [4.69, 9.17) is 4.98 Å². The number of hydrogen-bond acceptors (Lipinski definition) is 7. The minimum Gasteiger partial charge on any atom is -0.352 e. The van der Waals surface area contributed by atoms with Crippen molar-refractivity contribution in [2.45, 2.75) is 0 Å². The first kappa shape index (κ1) is 22.1. The van der Waals surface area contributed by atoms with E-state index in [0.29, 0.717) is 12.2 Å². The van der Waals surface area contributed by atoms with Crippen molar-refractivity contribution in [1.82, 2.24) is 35.0 Å². The van der Waals surface area contributed by atoms with Gasteiger partial charge in [0.2, 0.25) is 5.91 Å². The number of nitrogens with one attached hydrogen (secondary N) is 3. The van der Waals surface area contributed by atoms with E-state index in [-0.39, 0.29) is 5.91 Å². The van der Waals surface area contributed by atoms with Crippen LogP contribution in [0.5, 0.6) is 0 Å². The molecule has 36 heavy (non-hydrogen) atoms. The average molecular weight is 495 g/mol. The van der Waals surface area contributed by atoms with Crippen LogP contribution in [0.1, 0.15) is 0 Å². The van der Waals surface area contributed by atoms with Crippen molar-refractivity contribution in [3.05, 3.63) is 65.9 Å². The number of thiophene rings is 1. The topological polar surface area (TPSA) is 115 Å². The van der Waals surface area contributed by atoms with Crippen molar-refractivity contribution >= 4 is 44.9 Å². The van der Waals surface area contributed by atoms with Crippen LogP contribution in [0.15, 0.2) is 65.9 Å². The third kappa shape index (κ3) is 4.12. The first-order valence-electron chi connectivity index (χ1n) is 11.3. The van der Waals surface area contributed by atoms with Crippen LogP contribution < -0.4 is 5.32 Å². The van der Waals surface area contributed by atoms with Crippen LogP contribution in [0, 0.1) is 0 Å². The molecule has 0 atom stereocenters. The Balaban J connectivity index is 1.38. The van der Waals surface area contributed by atoms with Crippen molar-refractivity contribution in [2.75, 3.05) is 26.0 Å². The van der Waals surface area contributed by atoms with E-state index in [0.717, 1.165) is 55.7 Å². The molecule has 3 N–H and O–H groups in total. The number of pyridine rings is 3. The van der Waals surface area contributed by atoms with Gasteiger partial charge in [-0.25, -0.2) is 4.98 Å². The van der Waals surface area contributed by atoms with Crippen molar-refractivity contribution in [2.24, 2.45) is 0 Å². The highest BCUT2D eigenvalue weighted by molar-refractivity contribution is 7.08. The van der Waals surface area contributed by atoms with Crippen molar-refractivity contribution in [1.29, 1.82) is 0 Å². The Bertz CT molecular complexity index is 1700. The summed E-state index contributed by atoms with van der Waals surface area (Å²) in [4.78, 5) is 31.1. The molecule has 0 aliphatic carbocycles. The second kappa shape index (κ2) is 8.99. The minimum atomic E-state index is -0.102. The summed E-state index contributed by atoms with van der Waals surface area (Å²) in [7, 11) is 3.70. The number of H-pyrrole nitrogens is 2. The third-order valence-electron chi connectivity index (χ3n) is 5.82. The van der Waals surface area contributed by atoms with Gasteiger partial charge in [0, 0.05) is 28.9 Å². The van der Waals surface area contributed by atoms with E-state index in [1.54, 1.807) is 23.7 Å². The van der Waals surface area contributed by atoms with Gasteiger partial charge in [-0.05, 0) is 60.8 Å². The fourth-order valence-corrected chi connectivity index (χ4v) is 4.87. The molecule has 0 fully saturated rings. The molecule has 0 radical (unpaired) electrons. The summed E-state index contributed by atoms with van der Waals surface area (Å²) in [6.07, 6.45) is 7.07. The van der Waals surface area contributed by atoms with Crippen LogP contribution in [-0.4, -0.2) is 61.6 Å². The van der Waals surface area contributed by atoms with Gasteiger partial charge in [0.15, 0.2) is 0 Å². The molecule has 0 unspecified atom stereocenters. The van der Waals surface area contributed by atoms with Crippen molar-refractivity contribution < 1.29 is 4.79 Å². The van der Waals surface area contributed by atoms with Gasteiger partial charge in [-0.3, -0.25) is 19.9 Å². The van der Waals surface area contributed by atoms with Crippen molar-refractivity contribution in [3.8, 4) is 33.8 Å². The predicted molar refractivity (Wildman–Crippen MR) is 143 cm³/mol. The van der Waals surface area contributed by atoms with Gasteiger partial charge in [-0.1, -0.05) is 0 Å². The lowest BCUT2D eigenvalue weighted by Crippen LogP contribution is -2.27. The molecule has 6 rings (SSSR count). The van der Waals surface area contributed by atoms with Gasteiger partial charge in [0.05, 0.1) is 47.0 Å². The van der Waals surface area contributed by atoms with Gasteiger partial charge < -0.3 is 15.2 Å². The molecule has 0 aliphatic rings. The van der Waals surface area contributed by atoms with Crippen LogP contribution >= 0.6 is 11.3 Å². The average Bonchev–Trinajstić information content (AvgIpc) is 3.62. The number of likely N-dealkylation sites (N-methyl/N-ethyl adjacent to an activating group) is 1. The molecule has 0 saturated carbocycles. The molecule has 0 aliphatic heterocycles. The summed E-state index contributed by atoms with van der Waals surface area (Å²) in [5, 5.41) is 15.8. The molecule has 9 nitrogen and oxygen atoms in total. The predicted octanol–water partition coefficient (Wildman–Crippen LogP) is 4.79. The monoisotopic (exact) mass is 494 g/mol. The van der Waals surface area contributed by atoms with Crippen LogP contribution in [0.2, 0.25) is 0 Å². The molecule has 178 valence electrons. The maximum Gasteiger partial charge on any atom is 0.238 e. The molecule has 6 aromatic heterocycles. The maximum absolute atomic E-state index is 12.2. The Morgan fingerprint density at radius 1 is 1.03 bits per heavy atom. The molecule has 0 aromatic carbocycles. The fourth-order valence-electron chi connectivity index (χ4n) is 4.21. The van der Waals surface area contributed by atoms with E-state index in [1.165, 1.54) is 0 Å². The number of nitrogens with zero attached hydrogens (tertiary/aromatic N) is 5. The summed E-state index contributed by atoms with van der Waals surface area (Å²) in [6.45, 7) is 0.293. The molecule has 10 heteroatoms. The highest BCUT2D eigenvalue weighted by atomic mass is 32.1. The number of rotatable bonds is 6. The number of hydrogen-bond donors (Lipinski definition) is 3. The second-order valence-electron chi connectivity index (χ2n) is 8.76. The lowest BCUT2D eigenvalue weighted by Gasteiger charge is -2.10. The molecular formula is C26H22N8OS. The zero-order valence-electron chi connectivity index (χ0n) is 19.6. The highest BCUT2D eigenvalue weighted by Gasteiger charge is 2.16. The fraction of sp³-hybridized carbons (Fsp3) is 0.115. The first-order chi connectivity index (χ1) is 17.5. The van der Waals surface area contributed by atoms with Gasteiger partial charge in [0.25, 0.3) is 0 Å². The number of carbonyl (C=O) groups is 1. The second-order valence-corrected chi connectivity index (χ2v) is 9.54. The van der Waals surface area contributed by atoms with Gasteiger partial charge >= 0.3 is 0 Å². The molecular weight excluding hydrogens is 472 g/mol. The van der Waals surface area contributed by atoms with Crippen molar-refractivity contribution in [3.63, 3.8) is 0 Å². The summed E-state index contributed by atoms with van der Waals surface area (Å²) in [6, 6.07) is 9.92. The quantitative estimate of drug-likeness (QED) is 0.307. The van der Waals surface area contributed by atoms with Crippen LogP contribution in [0.25, 0.3) is 55.7 Å². The van der Waals surface area contributed by atoms with Gasteiger partial charge in [-0.2, -0.15) is 16.4 Å². The Labute approximate surface area is 210 Å². The molecule has 0 saturated heterocycles. The molecule has 6 aromatic rings. The number of carbonyl (C=O) groups excluding carboxylic acids is 1. The molecule has 0 bridgehead atoms. The summed E-state index contributed by atoms with van der Waals surface area (Å²) in [5.41, 5.74) is 8.45. The number of fused-ring (bicyclic) bond motifs is 2. The molecule has 6 heterocycles. The minimum absolute atomic E-state index is 0.102. The molecule has 1 amide bonds. The zero-order chi connectivity index (χ0) is 24.6. The third-order valence-corrected chi connectivity index (χ3v) is 6.50. The maximum atomic E-state index is 12.2. The Morgan fingerprint density at radius 3 is 2.75 bits per heavy atom. The summed E-state index contributed by atoms with van der Waals surface area (Å²) < 4.78 is 0. The standard InChI is InChI=1S/C26H22N8OS/c1-34(2)13-24(35)29-17-7-16(9-27-10-17)20-3-4-21-25(31-20)26(33-32-21)22-8-18-19(15-5-6-36-14-15)11-28-12-23(18)30-22/h3-12,14,30H,13H2,1-2H3,(H,29,35)(H,32,33). The molecule has 0 spiro atoms. The number of aromatic nitrogens is 6. The van der Waals surface area contributed by atoms with Crippen LogP contribution in [0.3, 0.4) is 0 Å². The van der Waals surface area contributed by atoms with E-state index >= 15 is 0 Å². The lowest BCUT2D eigenvalue weighted by atomic mass is 10.1. The SMILES string of the molecule is CN(C)CC(=O)Nc1cncc(-c2ccc3[nH]nc(-c4cc5c(-c6ccsc6)cncc5[nH]4)c3n2)c1. The van der Waals surface area contributed by atoms with E-state index in [1.807, 2.05) is 49.6 Å². The van der Waals surface area contributed by atoms with E-state index in [2.05, 4.69) is 53.4 Å². The first-order valence-corrected chi connectivity index (χ1v) is 12.2. The van der Waals surface area contributed by atoms with Gasteiger partial charge in [-0.15, -0.1) is 0 Å². The Kier molecular flexibility index (Phi) is 5.51. The number of aromatic amines is 2. The largest absolute Gasteiger partial charge is 0.352 e. The van der Waals surface area contributed by atoms with Crippen LogP contribution in [-0.2, 0) is 4.79 Å². The number of anilines is 1. The number of amides is 1. The zero-order valence-corrected chi connectivity index (χ0v) is 20.4. The van der Waals surface area contributed by atoms with Crippen LogP contribution in [0.4, 0.5) is 5.69 Å². The smallest absolute Gasteiger partial charge is 0.238 e. The summed E-state index contributed by atoms with van der Waals surface area (Å²) in [5.74, 6) is -0.102. The highest BCUT2D eigenvalue weighted by Crippen LogP contribution is 2.34. The lowest BCUT2D eigenvalue weighted by molar-refractivity contribution is -0.116. The summed E-state index contributed by atoms with van der Waals surface area (Å²) >= 11 is 1.66. The van der Waals surface area contributed by atoms with E-state index < -0.39 is 0 Å². The van der Waals surface area contributed by atoms with Gasteiger partial charge in [0.1, 0.15) is 11.2 Å². The normalized spacial score (nSPS) is 11.5. The Hall–Kier alpha value is -4.41. The van der Waals surface area contributed by atoms with E-state index in [9.17, 15) is 4.79 Å². The Morgan fingerprint density at radius 2 is 1.92 bits per heavy atom.